The lowest BCUT2D eigenvalue weighted by molar-refractivity contribution is -0.117. The molecule has 1 saturated heterocycles. The summed E-state index contributed by atoms with van der Waals surface area (Å²) in [4.78, 5) is 18.4. The molecule has 6 nitrogen and oxygen atoms in total. The maximum absolute atomic E-state index is 11.9. The van der Waals surface area contributed by atoms with Crippen molar-refractivity contribution in [1.29, 1.82) is 0 Å². The molecule has 33 heavy (non-hydrogen) atoms. The van der Waals surface area contributed by atoms with Gasteiger partial charge in [-0.15, -0.1) is 24.0 Å². The van der Waals surface area contributed by atoms with Gasteiger partial charge in [0.05, 0.1) is 13.2 Å². The van der Waals surface area contributed by atoms with Crippen molar-refractivity contribution in [2.75, 3.05) is 37.7 Å². The summed E-state index contributed by atoms with van der Waals surface area (Å²) in [5.41, 5.74) is 3.43. The first-order chi connectivity index (χ1) is 15.8. The number of benzene rings is 2. The molecule has 7 heteroatoms. The van der Waals surface area contributed by atoms with E-state index in [0.29, 0.717) is 13.0 Å². The van der Waals surface area contributed by atoms with E-state index in [0.717, 1.165) is 75.7 Å². The van der Waals surface area contributed by atoms with Gasteiger partial charge in [-0.3, -0.25) is 4.79 Å². The van der Waals surface area contributed by atoms with Crippen LogP contribution in [0.25, 0.3) is 0 Å². The smallest absolute Gasteiger partial charge is 0.227 e. The normalized spacial score (nSPS) is 13.7. The van der Waals surface area contributed by atoms with E-state index >= 15 is 0 Å². The molecule has 0 radical (unpaired) electrons. The average Bonchev–Trinajstić information content (AvgIpc) is 3.26. The zero-order valence-corrected chi connectivity index (χ0v) is 21.9. The highest BCUT2D eigenvalue weighted by atomic mass is 127. The zero-order chi connectivity index (χ0) is 22.4. The van der Waals surface area contributed by atoms with Gasteiger partial charge in [0.1, 0.15) is 0 Å². The van der Waals surface area contributed by atoms with E-state index in [1.54, 1.807) is 0 Å². The fourth-order valence-corrected chi connectivity index (χ4v) is 3.69. The third-order valence-electron chi connectivity index (χ3n) is 5.47. The van der Waals surface area contributed by atoms with E-state index in [1.807, 2.05) is 23.1 Å². The van der Waals surface area contributed by atoms with Gasteiger partial charge < -0.3 is 20.3 Å². The van der Waals surface area contributed by atoms with Crippen LogP contribution in [0.4, 0.5) is 5.69 Å². The van der Waals surface area contributed by atoms with E-state index in [2.05, 4.69) is 58.9 Å². The number of aliphatic imine (C=N–C) groups is 1. The van der Waals surface area contributed by atoms with Crippen LogP contribution in [-0.4, -0.2) is 44.7 Å². The van der Waals surface area contributed by atoms with Crippen LogP contribution < -0.4 is 15.5 Å². The van der Waals surface area contributed by atoms with Crippen molar-refractivity contribution in [2.45, 2.75) is 45.6 Å². The summed E-state index contributed by atoms with van der Waals surface area (Å²) in [6, 6.07) is 18.6. The first kappa shape index (κ1) is 27.1. The van der Waals surface area contributed by atoms with Crippen LogP contribution in [0, 0.1) is 0 Å². The number of hydrogen-bond donors (Lipinski definition) is 2. The Kier molecular flexibility index (Phi) is 12.9. The number of nitrogens with one attached hydrogen (secondary N) is 2. The fourth-order valence-electron chi connectivity index (χ4n) is 3.69. The maximum Gasteiger partial charge on any atom is 0.227 e. The standard InChI is InChI=1S/C26H36N4O2.HI/c1-2-27-26(28-17-6-7-19-32-20-16-22-9-4-3-5-10-22)29-21-23-12-14-24(15-13-23)30-18-8-11-25(30)31;/h3-5,9-10,12-15H,2,6-8,11,16-21H2,1H3,(H2,27,28,29);1H. The molecule has 0 saturated carbocycles. The summed E-state index contributed by atoms with van der Waals surface area (Å²) in [7, 11) is 0. The molecule has 2 aromatic carbocycles. The highest BCUT2D eigenvalue weighted by Crippen LogP contribution is 2.21. The van der Waals surface area contributed by atoms with Crippen molar-refractivity contribution < 1.29 is 9.53 Å². The van der Waals surface area contributed by atoms with Crippen molar-refractivity contribution in [3.05, 3.63) is 65.7 Å². The molecule has 2 aromatic rings. The molecule has 1 fully saturated rings. The molecule has 1 aliphatic rings. The van der Waals surface area contributed by atoms with Crippen LogP contribution >= 0.6 is 24.0 Å². The van der Waals surface area contributed by atoms with Crippen molar-refractivity contribution in [3.8, 4) is 0 Å². The van der Waals surface area contributed by atoms with E-state index in [4.69, 9.17) is 4.74 Å². The third-order valence-corrected chi connectivity index (χ3v) is 5.47. The minimum atomic E-state index is 0. The highest BCUT2D eigenvalue weighted by molar-refractivity contribution is 14.0. The zero-order valence-electron chi connectivity index (χ0n) is 19.6. The van der Waals surface area contributed by atoms with Crippen molar-refractivity contribution in [3.63, 3.8) is 0 Å². The van der Waals surface area contributed by atoms with Crippen LogP contribution in [0.15, 0.2) is 59.6 Å². The molecular weight excluding hydrogens is 527 g/mol. The van der Waals surface area contributed by atoms with Crippen molar-refractivity contribution in [1.82, 2.24) is 10.6 Å². The second kappa shape index (κ2) is 15.7. The average molecular weight is 565 g/mol. The van der Waals surface area contributed by atoms with Gasteiger partial charge in [-0.05, 0) is 55.9 Å². The molecule has 1 amide bonds. The molecule has 1 heterocycles. The third kappa shape index (κ3) is 9.71. The van der Waals surface area contributed by atoms with Gasteiger partial charge in [0.2, 0.25) is 5.91 Å². The minimum Gasteiger partial charge on any atom is -0.381 e. The summed E-state index contributed by atoms with van der Waals surface area (Å²) in [5.74, 6) is 1.05. The molecule has 0 aromatic heterocycles. The number of carbonyl (C=O) groups is 1. The molecule has 0 bridgehead atoms. The van der Waals surface area contributed by atoms with Crippen molar-refractivity contribution >= 4 is 41.5 Å². The van der Waals surface area contributed by atoms with Gasteiger partial charge in [0.25, 0.3) is 0 Å². The number of rotatable bonds is 12. The number of ether oxygens (including phenoxy) is 1. The fraction of sp³-hybridized carbons (Fsp3) is 0.462. The number of halogens is 1. The Hall–Kier alpha value is -2.13. The number of amides is 1. The Morgan fingerprint density at radius 1 is 1.00 bits per heavy atom. The molecule has 0 spiro atoms. The Balaban J connectivity index is 0.00000385. The SMILES string of the molecule is CCNC(=NCc1ccc(N2CCCC2=O)cc1)NCCCCOCCc1ccccc1.I. The molecule has 0 atom stereocenters. The van der Waals surface area contributed by atoms with Crippen LogP contribution in [0.3, 0.4) is 0 Å². The molecule has 0 aliphatic carbocycles. The number of nitrogens with zero attached hydrogens (tertiary/aromatic N) is 2. The van der Waals surface area contributed by atoms with Crippen LogP contribution in [0.1, 0.15) is 43.7 Å². The topological polar surface area (TPSA) is 66.0 Å². The van der Waals surface area contributed by atoms with E-state index in [-0.39, 0.29) is 29.9 Å². The van der Waals surface area contributed by atoms with Crippen LogP contribution in [0.5, 0.6) is 0 Å². The lowest BCUT2D eigenvalue weighted by atomic mass is 10.2. The van der Waals surface area contributed by atoms with Gasteiger partial charge in [-0.25, -0.2) is 4.99 Å². The Morgan fingerprint density at radius 2 is 1.79 bits per heavy atom. The summed E-state index contributed by atoms with van der Waals surface area (Å²) in [6.45, 7) is 6.74. The van der Waals surface area contributed by atoms with Gasteiger partial charge in [-0.2, -0.15) is 0 Å². The Labute approximate surface area is 215 Å². The number of hydrogen-bond acceptors (Lipinski definition) is 3. The van der Waals surface area contributed by atoms with Gasteiger partial charge >= 0.3 is 0 Å². The molecule has 0 unspecified atom stereocenters. The molecule has 2 N–H and O–H groups in total. The lowest BCUT2D eigenvalue weighted by Crippen LogP contribution is -2.37. The summed E-state index contributed by atoms with van der Waals surface area (Å²) in [5, 5.41) is 6.70. The largest absolute Gasteiger partial charge is 0.381 e. The maximum atomic E-state index is 11.9. The van der Waals surface area contributed by atoms with Crippen LogP contribution in [0.2, 0.25) is 0 Å². The molecule has 1 aliphatic heterocycles. The first-order valence-corrected chi connectivity index (χ1v) is 11.8. The van der Waals surface area contributed by atoms with Gasteiger partial charge in [0.15, 0.2) is 5.96 Å². The first-order valence-electron chi connectivity index (χ1n) is 11.8. The minimum absolute atomic E-state index is 0. The Morgan fingerprint density at radius 3 is 2.48 bits per heavy atom. The number of guanidine groups is 1. The predicted octanol–water partition coefficient (Wildman–Crippen LogP) is 4.53. The number of unbranched alkanes of at least 4 members (excludes halogenated alkanes) is 1. The second-order valence-corrected chi connectivity index (χ2v) is 7.99. The van der Waals surface area contributed by atoms with Gasteiger partial charge in [0, 0.05) is 38.3 Å². The number of anilines is 1. The van der Waals surface area contributed by atoms with Crippen molar-refractivity contribution in [2.24, 2.45) is 4.99 Å². The molecule has 3 rings (SSSR count). The predicted molar refractivity (Wildman–Crippen MR) is 146 cm³/mol. The highest BCUT2D eigenvalue weighted by Gasteiger charge is 2.21. The monoisotopic (exact) mass is 564 g/mol. The number of carbonyl (C=O) groups excluding carboxylic acids is 1. The van der Waals surface area contributed by atoms with E-state index in [1.165, 1.54) is 5.56 Å². The second-order valence-electron chi connectivity index (χ2n) is 7.99. The lowest BCUT2D eigenvalue weighted by Gasteiger charge is -2.16. The quantitative estimate of drug-likeness (QED) is 0.172. The van der Waals surface area contributed by atoms with Crippen LogP contribution in [-0.2, 0) is 22.5 Å². The molecule has 180 valence electrons. The summed E-state index contributed by atoms with van der Waals surface area (Å²) in [6.07, 6.45) is 4.63. The summed E-state index contributed by atoms with van der Waals surface area (Å²) >= 11 is 0. The van der Waals surface area contributed by atoms with Gasteiger partial charge in [-0.1, -0.05) is 42.5 Å². The Bertz CT molecular complexity index is 843. The van der Waals surface area contributed by atoms with E-state index in [9.17, 15) is 4.79 Å². The van der Waals surface area contributed by atoms with E-state index < -0.39 is 0 Å². The molecular formula is C26H37IN4O2. The summed E-state index contributed by atoms with van der Waals surface area (Å²) < 4.78 is 5.75.